The van der Waals surface area contributed by atoms with Crippen molar-refractivity contribution in [2.24, 2.45) is 11.8 Å². The number of hydrogen-bond acceptors (Lipinski definition) is 6. The Kier molecular flexibility index (Phi) is 9.57. The topological polar surface area (TPSA) is 71.1 Å². The highest BCUT2D eigenvalue weighted by Crippen LogP contribution is 2.44. The molecular formula is C30H38O6. The van der Waals surface area contributed by atoms with Crippen LogP contribution in [-0.4, -0.2) is 25.5 Å². The van der Waals surface area contributed by atoms with Crippen LogP contribution in [0.2, 0.25) is 0 Å². The Morgan fingerprint density at radius 3 is 1.39 bits per heavy atom. The molecule has 0 bridgehead atoms. The third kappa shape index (κ3) is 6.90. The van der Waals surface area contributed by atoms with Gasteiger partial charge in [0, 0.05) is 21.5 Å². The van der Waals surface area contributed by atoms with Gasteiger partial charge >= 0.3 is 12.3 Å². The summed E-state index contributed by atoms with van der Waals surface area (Å²) >= 11 is 0. The van der Waals surface area contributed by atoms with E-state index in [0.717, 1.165) is 36.8 Å². The number of fused-ring (bicyclic) bond motifs is 2. The van der Waals surface area contributed by atoms with Crippen LogP contribution in [0.5, 0.6) is 11.5 Å². The van der Waals surface area contributed by atoms with Crippen LogP contribution in [0.15, 0.2) is 36.4 Å². The van der Waals surface area contributed by atoms with E-state index in [9.17, 15) is 9.59 Å². The fourth-order valence-corrected chi connectivity index (χ4v) is 3.89. The van der Waals surface area contributed by atoms with Crippen molar-refractivity contribution in [3.8, 4) is 11.5 Å². The quantitative estimate of drug-likeness (QED) is 0.161. The molecule has 0 saturated carbocycles. The maximum atomic E-state index is 12.7. The van der Waals surface area contributed by atoms with Gasteiger partial charge in [-0.1, -0.05) is 65.8 Å². The first-order chi connectivity index (χ1) is 17.2. The largest absolute Gasteiger partial charge is 0.513 e. The van der Waals surface area contributed by atoms with E-state index in [1.54, 1.807) is 0 Å². The highest BCUT2D eigenvalue weighted by Gasteiger charge is 2.22. The minimum absolute atomic E-state index is 0.287. The fraction of sp³-hybridized carbons (Fsp3) is 0.467. The van der Waals surface area contributed by atoms with Gasteiger partial charge in [-0.2, -0.15) is 0 Å². The molecule has 0 unspecified atom stereocenters. The normalized spacial score (nSPS) is 11.3. The van der Waals surface area contributed by atoms with Gasteiger partial charge in [0.15, 0.2) is 0 Å². The molecule has 6 nitrogen and oxygen atoms in total. The van der Waals surface area contributed by atoms with Crippen molar-refractivity contribution in [1.82, 2.24) is 0 Å². The maximum Gasteiger partial charge on any atom is 0.513 e. The lowest BCUT2D eigenvalue weighted by Crippen LogP contribution is -2.14. The van der Waals surface area contributed by atoms with E-state index in [2.05, 4.69) is 41.5 Å². The Hall–Kier alpha value is -3.28. The molecule has 6 heteroatoms. The Morgan fingerprint density at radius 2 is 1.03 bits per heavy atom. The third-order valence-electron chi connectivity index (χ3n) is 6.16. The molecule has 0 fully saturated rings. The Balaban J connectivity index is 2.11. The van der Waals surface area contributed by atoms with E-state index in [0.29, 0.717) is 44.9 Å². The summed E-state index contributed by atoms with van der Waals surface area (Å²) in [5, 5.41) is 2.69. The Labute approximate surface area is 213 Å². The molecule has 0 radical (unpaired) electrons. The molecule has 36 heavy (non-hydrogen) atoms. The van der Waals surface area contributed by atoms with E-state index in [1.807, 2.05) is 36.4 Å². The predicted octanol–water partition coefficient (Wildman–Crippen LogP) is 8.24. The summed E-state index contributed by atoms with van der Waals surface area (Å²) in [6, 6.07) is 11.7. The molecule has 0 atom stereocenters. The number of carbonyl (C=O) groups excluding carboxylic acids is 2. The molecule has 0 aliphatic rings. The Morgan fingerprint density at radius 1 is 0.639 bits per heavy atom. The highest BCUT2D eigenvalue weighted by atomic mass is 16.7. The number of ether oxygens (including phenoxy) is 4. The second kappa shape index (κ2) is 12.6. The second-order valence-electron chi connectivity index (χ2n) is 9.89. The lowest BCUT2D eigenvalue weighted by atomic mass is 9.96. The average Bonchev–Trinajstić information content (AvgIpc) is 2.84. The first-order valence-corrected chi connectivity index (χ1v) is 12.9. The van der Waals surface area contributed by atoms with E-state index >= 15 is 0 Å². The van der Waals surface area contributed by atoms with Crippen LogP contribution >= 0.6 is 0 Å². The molecule has 0 aromatic heterocycles. The minimum Gasteiger partial charge on any atom is -0.434 e. The smallest absolute Gasteiger partial charge is 0.434 e. The van der Waals surface area contributed by atoms with Gasteiger partial charge in [0.05, 0.1) is 13.2 Å². The fourth-order valence-electron chi connectivity index (χ4n) is 3.89. The van der Waals surface area contributed by atoms with Crippen LogP contribution in [0, 0.1) is 11.8 Å². The van der Waals surface area contributed by atoms with Crippen LogP contribution in [0.25, 0.3) is 21.5 Å². The number of carbonyl (C=O) groups is 2. The van der Waals surface area contributed by atoms with E-state index in [1.165, 1.54) is 0 Å². The van der Waals surface area contributed by atoms with Gasteiger partial charge in [-0.15, -0.1) is 0 Å². The maximum absolute atomic E-state index is 12.7. The van der Waals surface area contributed by atoms with Crippen molar-refractivity contribution in [3.63, 3.8) is 0 Å². The summed E-state index contributed by atoms with van der Waals surface area (Å²) in [7, 11) is 0. The molecule has 194 valence electrons. The van der Waals surface area contributed by atoms with Crippen molar-refractivity contribution in [2.75, 3.05) is 13.2 Å². The molecule has 3 rings (SSSR count). The lowest BCUT2D eigenvalue weighted by molar-refractivity contribution is 0.0940. The molecule has 3 aromatic rings. The predicted molar refractivity (Wildman–Crippen MR) is 143 cm³/mol. The SMILES string of the molecule is CCc1ccc2c(OC(=O)OCCC(C)C)c3ccc(CC)cc3c(OC(=O)OCCC(C)C)c2c1. The second-order valence-corrected chi connectivity index (χ2v) is 9.89. The van der Waals surface area contributed by atoms with Gasteiger partial charge in [-0.25, -0.2) is 9.59 Å². The zero-order valence-electron chi connectivity index (χ0n) is 22.3. The molecule has 0 amide bonds. The molecular weight excluding hydrogens is 456 g/mol. The van der Waals surface area contributed by atoms with Crippen LogP contribution in [0.3, 0.4) is 0 Å². The van der Waals surface area contributed by atoms with Gasteiger partial charge in [0.25, 0.3) is 0 Å². The standard InChI is InChI=1S/C30H38O6/c1-7-21-9-11-23-25(17-21)28(36-30(32)34-16-14-20(5)6)26-18-22(8-2)10-12-24(26)27(23)35-29(31)33-15-13-19(3)4/h9-12,17-20H,7-8,13-16H2,1-6H3. The summed E-state index contributed by atoms with van der Waals surface area (Å²) in [6.07, 6.45) is 1.61. The van der Waals surface area contributed by atoms with Crippen molar-refractivity contribution in [1.29, 1.82) is 0 Å². The zero-order valence-corrected chi connectivity index (χ0v) is 22.3. The van der Waals surface area contributed by atoms with Gasteiger partial charge in [-0.05, 0) is 60.8 Å². The number of aryl methyl sites for hydroxylation is 2. The third-order valence-corrected chi connectivity index (χ3v) is 6.16. The summed E-state index contributed by atoms with van der Waals surface area (Å²) in [4.78, 5) is 25.3. The van der Waals surface area contributed by atoms with E-state index in [-0.39, 0.29) is 13.2 Å². The first kappa shape index (κ1) is 27.3. The average molecular weight is 495 g/mol. The van der Waals surface area contributed by atoms with Crippen LogP contribution in [0.4, 0.5) is 9.59 Å². The van der Waals surface area contributed by atoms with Crippen LogP contribution in [0.1, 0.15) is 65.5 Å². The van der Waals surface area contributed by atoms with E-state index < -0.39 is 12.3 Å². The molecule has 0 aliphatic carbocycles. The first-order valence-electron chi connectivity index (χ1n) is 12.9. The summed E-state index contributed by atoms with van der Waals surface area (Å²) in [6.45, 7) is 13.0. The molecule has 0 spiro atoms. The number of hydrogen-bond donors (Lipinski definition) is 0. The molecule has 0 saturated heterocycles. The molecule has 0 N–H and O–H groups in total. The minimum atomic E-state index is -0.751. The van der Waals surface area contributed by atoms with Crippen LogP contribution in [-0.2, 0) is 22.3 Å². The van der Waals surface area contributed by atoms with Crippen molar-refractivity contribution in [2.45, 2.75) is 67.2 Å². The summed E-state index contributed by atoms with van der Waals surface area (Å²) in [5.74, 6) is 1.62. The van der Waals surface area contributed by atoms with Gasteiger partial charge < -0.3 is 18.9 Å². The zero-order chi connectivity index (χ0) is 26.2. The van der Waals surface area contributed by atoms with E-state index in [4.69, 9.17) is 18.9 Å². The lowest BCUT2D eigenvalue weighted by Gasteiger charge is -2.18. The monoisotopic (exact) mass is 494 g/mol. The van der Waals surface area contributed by atoms with Crippen molar-refractivity contribution >= 4 is 33.9 Å². The van der Waals surface area contributed by atoms with Gasteiger partial charge in [-0.3, -0.25) is 0 Å². The molecule has 0 aliphatic heterocycles. The molecule has 3 aromatic carbocycles. The van der Waals surface area contributed by atoms with Crippen molar-refractivity contribution in [3.05, 3.63) is 47.5 Å². The summed E-state index contributed by atoms with van der Waals surface area (Å²) in [5.41, 5.74) is 2.13. The van der Waals surface area contributed by atoms with Gasteiger partial charge in [0.2, 0.25) is 0 Å². The summed E-state index contributed by atoms with van der Waals surface area (Å²) < 4.78 is 22.3. The number of benzene rings is 3. The van der Waals surface area contributed by atoms with Crippen LogP contribution < -0.4 is 9.47 Å². The Bertz CT molecular complexity index is 1150. The van der Waals surface area contributed by atoms with Gasteiger partial charge in [0.1, 0.15) is 11.5 Å². The molecule has 0 heterocycles. The van der Waals surface area contributed by atoms with Crippen molar-refractivity contribution < 1.29 is 28.5 Å². The highest BCUT2D eigenvalue weighted by molar-refractivity contribution is 6.12. The number of rotatable bonds is 10.